The molecular weight excluding hydrogens is 186 g/mol. The SMILES string of the molecule is CCCCCCCCCNC(=O)CCC. The van der Waals surface area contributed by atoms with Gasteiger partial charge in [0.1, 0.15) is 0 Å². The molecular formula is C13H27NO. The summed E-state index contributed by atoms with van der Waals surface area (Å²) in [7, 11) is 0. The first-order valence-corrected chi connectivity index (χ1v) is 6.58. The zero-order chi connectivity index (χ0) is 11.4. The fraction of sp³-hybridized carbons (Fsp3) is 0.923. The number of rotatable bonds is 10. The van der Waals surface area contributed by atoms with Crippen LogP contribution in [-0.2, 0) is 4.79 Å². The molecule has 0 atom stereocenters. The second-order valence-electron chi connectivity index (χ2n) is 4.22. The first-order valence-electron chi connectivity index (χ1n) is 6.58. The summed E-state index contributed by atoms with van der Waals surface area (Å²) in [5, 5.41) is 2.95. The van der Waals surface area contributed by atoms with Gasteiger partial charge in [-0.2, -0.15) is 0 Å². The number of hydrogen-bond acceptors (Lipinski definition) is 1. The van der Waals surface area contributed by atoms with Crippen LogP contribution in [0.3, 0.4) is 0 Å². The molecule has 0 fully saturated rings. The number of nitrogens with one attached hydrogen (secondary N) is 1. The first-order chi connectivity index (χ1) is 7.31. The summed E-state index contributed by atoms with van der Waals surface area (Å²) < 4.78 is 0. The summed E-state index contributed by atoms with van der Waals surface area (Å²) in [6, 6.07) is 0. The van der Waals surface area contributed by atoms with Crippen LogP contribution in [0.5, 0.6) is 0 Å². The Kier molecular flexibility index (Phi) is 11.1. The number of carbonyl (C=O) groups is 1. The molecule has 2 nitrogen and oxygen atoms in total. The molecule has 0 rings (SSSR count). The van der Waals surface area contributed by atoms with Crippen molar-refractivity contribution < 1.29 is 4.79 Å². The van der Waals surface area contributed by atoms with Gasteiger partial charge in [0.05, 0.1) is 0 Å². The van der Waals surface area contributed by atoms with Gasteiger partial charge in [0, 0.05) is 13.0 Å². The standard InChI is InChI=1S/C13H27NO/c1-3-5-6-7-8-9-10-12-14-13(15)11-4-2/h3-12H2,1-2H3,(H,14,15). The fourth-order valence-electron chi connectivity index (χ4n) is 1.63. The molecule has 2 heteroatoms. The highest BCUT2D eigenvalue weighted by Gasteiger charge is 1.97. The quantitative estimate of drug-likeness (QED) is 0.551. The average molecular weight is 213 g/mol. The molecule has 0 aliphatic rings. The van der Waals surface area contributed by atoms with Gasteiger partial charge in [-0.05, 0) is 12.8 Å². The topological polar surface area (TPSA) is 29.1 Å². The molecule has 0 aromatic carbocycles. The van der Waals surface area contributed by atoms with Crippen LogP contribution in [0.15, 0.2) is 0 Å². The van der Waals surface area contributed by atoms with E-state index < -0.39 is 0 Å². The predicted octanol–water partition coefficient (Wildman–Crippen LogP) is 3.65. The van der Waals surface area contributed by atoms with Crippen molar-refractivity contribution >= 4 is 5.91 Å². The Morgan fingerprint density at radius 1 is 0.867 bits per heavy atom. The molecule has 0 aliphatic carbocycles. The van der Waals surface area contributed by atoms with Crippen LogP contribution in [-0.4, -0.2) is 12.5 Å². The van der Waals surface area contributed by atoms with Crippen molar-refractivity contribution in [1.29, 1.82) is 0 Å². The Labute approximate surface area is 94.8 Å². The number of unbranched alkanes of at least 4 members (excludes halogenated alkanes) is 6. The van der Waals surface area contributed by atoms with Gasteiger partial charge in [0.25, 0.3) is 0 Å². The Bertz CT molecular complexity index is 145. The third kappa shape index (κ3) is 11.4. The summed E-state index contributed by atoms with van der Waals surface area (Å²) >= 11 is 0. The van der Waals surface area contributed by atoms with Gasteiger partial charge < -0.3 is 5.32 Å². The summed E-state index contributed by atoms with van der Waals surface area (Å²) in [5.74, 6) is 0.212. The van der Waals surface area contributed by atoms with Gasteiger partial charge in [-0.1, -0.05) is 52.4 Å². The van der Waals surface area contributed by atoms with E-state index in [0.717, 1.165) is 19.4 Å². The molecule has 0 bridgehead atoms. The molecule has 0 unspecified atom stereocenters. The number of carbonyl (C=O) groups excluding carboxylic acids is 1. The summed E-state index contributed by atoms with van der Waals surface area (Å²) in [6.45, 7) is 5.14. The Morgan fingerprint density at radius 2 is 1.47 bits per heavy atom. The van der Waals surface area contributed by atoms with Crippen molar-refractivity contribution in [3.63, 3.8) is 0 Å². The molecule has 0 aliphatic heterocycles. The molecule has 0 aromatic heterocycles. The molecule has 1 amide bonds. The van der Waals surface area contributed by atoms with E-state index in [2.05, 4.69) is 12.2 Å². The Balaban J connectivity index is 3.01. The van der Waals surface area contributed by atoms with Crippen molar-refractivity contribution in [1.82, 2.24) is 5.32 Å². The van der Waals surface area contributed by atoms with Gasteiger partial charge in [-0.25, -0.2) is 0 Å². The predicted molar refractivity (Wildman–Crippen MR) is 65.9 cm³/mol. The third-order valence-corrected chi connectivity index (χ3v) is 2.58. The maximum Gasteiger partial charge on any atom is 0.219 e. The number of hydrogen-bond donors (Lipinski definition) is 1. The molecule has 0 saturated heterocycles. The lowest BCUT2D eigenvalue weighted by Gasteiger charge is -2.04. The van der Waals surface area contributed by atoms with E-state index >= 15 is 0 Å². The van der Waals surface area contributed by atoms with Gasteiger partial charge in [-0.15, -0.1) is 0 Å². The molecule has 0 radical (unpaired) electrons. The molecule has 90 valence electrons. The minimum Gasteiger partial charge on any atom is -0.356 e. The van der Waals surface area contributed by atoms with Crippen LogP contribution in [0.25, 0.3) is 0 Å². The molecule has 0 aromatic rings. The minimum absolute atomic E-state index is 0.212. The van der Waals surface area contributed by atoms with Crippen molar-refractivity contribution in [2.45, 2.75) is 71.6 Å². The summed E-state index contributed by atoms with van der Waals surface area (Å²) in [4.78, 5) is 11.1. The molecule has 1 N–H and O–H groups in total. The lowest BCUT2D eigenvalue weighted by atomic mass is 10.1. The average Bonchev–Trinajstić information content (AvgIpc) is 2.22. The van der Waals surface area contributed by atoms with E-state index in [9.17, 15) is 4.79 Å². The van der Waals surface area contributed by atoms with Gasteiger partial charge in [-0.3, -0.25) is 4.79 Å². The summed E-state index contributed by atoms with van der Waals surface area (Å²) in [5.41, 5.74) is 0. The third-order valence-electron chi connectivity index (χ3n) is 2.58. The van der Waals surface area contributed by atoms with E-state index in [4.69, 9.17) is 0 Å². The lowest BCUT2D eigenvalue weighted by Crippen LogP contribution is -2.23. The van der Waals surface area contributed by atoms with Gasteiger partial charge >= 0.3 is 0 Å². The normalized spacial score (nSPS) is 10.3. The lowest BCUT2D eigenvalue weighted by molar-refractivity contribution is -0.121. The van der Waals surface area contributed by atoms with E-state index in [-0.39, 0.29) is 5.91 Å². The minimum atomic E-state index is 0.212. The molecule has 15 heavy (non-hydrogen) atoms. The van der Waals surface area contributed by atoms with Crippen molar-refractivity contribution in [3.05, 3.63) is 0 Å². The van der Waals surface area contributed by atoms with E-state index in [0.29, 0.717) is 6.42 Å². The highest BCUT2D eigenvalue weighted by atomic mass is 16.1. The van der Waals surface area contributed by atoms with Crippen LogP contribution in [0, 0.1) is 0 Å². The maximum absolute atomic E-state index is 11.1. The second kappa shape index (κ2) is 11.5. The van der Waals surface area contributed by atoms with Crippen molar-refractivity contribution in [2.24, 2.45) is 0 Å². The zero-order valence-electron chi connectivity index (χ0n) is 10.5. The smallest absolute Gasteiger partial charge is 0.219 e. The zero-order valence-corrected chi connectivity index (χ0v) is 10.5. The first kappa shape index (κ1) is 14.5. The second-order valence-corrected chi connectivity index (χ2v) is 4.22. The van der Waals surface area contributed by atoms with Crippen LogP contribution in [0.1, 0.15) is 71.6 Å². The monoisotopic (exact) mass is 213 g/mol. The molecule has 0 spiro atoms. The van der Waals surface area contributed by atoms with Crippen LogP contribution >= 0.6 is 0 Å². The largest absolute Gasteiger partial charge is 0.356 e. The van der Waals surface area contributed by atoms with Crippen LogP contribution in [0.4, 0.5) is 0 Å². The maximum atomic E-state index is 11.1. The summed E-state index contributed by atoms with van der Waals surface area (Å²) in [6.07, 6.45) is 10.8. The fourth-order valence-corrected chi connectivity index (χ4v) is 1.63. The Hall–Kier alpha value is -0.530. The molecule has 0 heterocycles. The van der Waals surface area contributed by atoms with Crippen molar-refractivity contribution in [3.8, 4) is 0 Å². The highest BCUT2D eigenvalue weighted by Crippen LogP contribution is 2.06. The van der Waals surface area contributed by atoms with Crippen molar-refractivity contribution in [2.75, 3.05) is 6.54 Å². The Morgan fingerprint density at radius 3 is 2.07 bits per heavy atom. The van der Waals surface area contributed by atoms with Gasteiger partial charge in [0.2, 0.25) is 5.91 Å². The highest BCUT2D eigenvalue weighted by molar-refractivity contribution is 5.75. The van der Waals surface area contributed by atoms with Gasteiger partial charge in [0.15, 0.2) is 0 Å². The number of amides is 1. The van der Waals surface area contributed by atoms with Crippen LogP contribution in [0.2, 0.25) is 0 Å². The van der Waals surface area contributed by atoms with E-state index in [1.54, 1.807) is 0 Å². The van der Waals surface area contributed by atoms with E-state index in [1.807, 2.05) is 6.92 Å². The molecule has 0 saturated carbocycles. The van der Waals surface area contributed by atoms with Crippen LogP contribution < -0.4 is 5.32 Å². The van der Waals surface area contributed by atoms with E-state index in [1.165, 1.54) is 38.5 Å².